The molecule has 0 saturated carbocycles. The van der Waals surface area contributed by atoms with E-state index in [9.17, 15) is 12.8 Å². The van der Waals surface area contributed by atoms with E-state index < -0.39 is 15.8 Å². The second-order valence-corrected chi connectivity index (χ2v) is 10.3. The van der Waals surface area contributed by atoms with E-state index in [1.807, 2.05) is 36.4 Å². The summed E-state index contributed by atoms with van der Waals surface area (Å²) in [7, 11) is -3.84. The minimum Gasteiger partial charge on any atom is -0.280 e. The Bertz CT molecular complexity index is 1510. The maximum atomic E-state index is 13.2. The molecular formula is C28H21ClFNO2S. The van der Waals surface area contributed by atoms with Gasteiger partial charge in [-0.05, 0) is 101 Å². The van der Waals surface area contributed by atoms with Crippen LogP contribution in [0.25, 0.3) is 11.6 Å². The summed E-state index contributed by atoms with van der Waals surface area (Å²) < 4.78 is 41.3. The summed E-state index contributed by atoms with van der Waals surface area (Å²) in [5.41, 5.74) is 7.06. The van der Waals surface area contributed by atoms with Crippen molar-refractivity contribution in [3.8, 4) is 0 Å². The number of hydrogen-bond acceptors (Lipinski definition) is 2. The van der Waals surface area contributed by atoms with Gasteiger partial charge in [-0.25, -0.2) is 12.8 Å². The van der Waals surface area contributed by atoms with Crippen molar-refractivity contribution >= 4 is 39.0 Å². The van der Waals surface area contributed by atoms with Crippen LogP contribution in [-0.4, -0.2) is 8.42 Å². The van der Waals surface area contributed by atoms with E-state index >= 15 is 0 Å². The summed E-state index contributed by atoms with van der Waals surface area (Å²) >= 11 is 6.29. The van der Waals surface area contributed by atoms with Gasteiger partial charge in [0.2, 0.25) is 0 Å². The zero-order valence-electron chi connectivity index (χ0n) is 18.1. The fraction of sp³-hybridized carbons (Fsp3) is 0.0714. The Labute approximate surface area is 203 Å². The van der Waals surface area contributed by atoms with Gasteiger partial charge < -0.3 is 0 Å². The van der Waals surface area contributed by atoms with Gasteiger partial charge in [-0.1, -0.05) is 54.1 Å². The summed E-state index contributed by atoms with van der Waals surface area (Å²) in [6.45, 7) is 0. The number of sulfonamides is 1. The molecule has 3 nitrogen and oxygen atoms in total. The van der Waals surface area contributed by atoms with Crippen molar-refractivity contribution < 1.29 is 12.8 Å². The van der Waals surface area contributed by atoms with E-state index in [-0.39, 0.29) is 4.90 Å². The average Bonchev–Trinajstić information content (AvgIpc) is 2.96. The third-order valence-electron chi connectivity index (χ3n) is 5.90. The number of rotatable bonds is 4. The molecule has 0 unspecified atom stereocenters. The van der Waals surface area contributed by atoms with Gasteiger partial charge in [-0.3, -0.25) is 4.72 Å². The van der Waals surface area contributed by atoms with E-state index in [2.05, 4.69) is 22.9 Å². The fourth-order valence-corrected chi connectivity index (χ4v) is 5.53. The van der Waals surface area contributed by atoms with Gasteiger partial charge in [0.1, 0.15) is 5.82 Å². The smallest absolute Gasteiger partial charge is 0.261 e. The fourth-order valence-electron chi connectivity index (χ4n) is 4.29. The lowest BCUT2D eigenvalue weighted by Crippen LogP contribution is -2.12. The Morgan fingerprint density at radius 3 is 2.35 bits per heavy atom. The molecular weight excluding hydrogens is 469 g/mol. The number of anilines is 1. The zero-order chi connectivity index (χ0) is 23.7. The summed E-state index contributed by atoms with van der Waals surface area (Å²) in [5.74, 6) is -0.488. The Morgan fingerprint density at radius 2 is 1.53 bits per heavy atom. The molecule has 34 heavy (non-hydrogen) atoms. The summed E-state index contributed by atoms with van der Waals surface area (Å²) in [6.07, 6.45) is 3.88. The highest BCUT2D eigenvalue weighted by Crippen LogP contribution is 2.36. The standard InChI is InChI=1S/C28H21ClFNO2S/c29-22-10-15-27-21(18-22)9-8-20-5-1-2-7-26(20)28(27)17-19-4-3-6-24(16-19)31-34(32,33)25-13-11-23(30)12-14-25/h1-7,10-18,31H,8-9H2. The largest absolute Gasteiger partial charge is 0.280 e. The Kier molecular flexibility index (Phi) is 5.98. The highest BCUT2D eigenvalue weighted by molar-refractivity contribution is 7.92. The number of benzene rings is 4. The van der Waals surface area contributed by atoms with Crippen molar-refractivity contribution in [2.75, 3.05) is 4.72 Å². The summed E-state index contributed by atoms with van der Waals surface area (Å²) in [5, 5.41) is 0.709. The molecule has 4 aromatic carbocycles. The number of fused-ring (bicyclic) bond motifs is 2. The quantitative estimate of drug-likeness (QED) is 0.336. The van der Waals surface area contributed by atoms with Crippen LogP contribution in [0.5, 0.6) is 0 Å². The third kappa shape index (κ3) is 4.63. The average molecular weight is 490 g/mol. The number of aryl methyl sites for hydroxylation is 2. The predicted octanol–water partition coefficient (Wildman–Crippen LogP) is 6.97. The molecule has 0 amide bonds. The van der Waals surface area contributed by atoms with Crippen LogP contribution in [0, 0.1) is 5.82 Å². The molecule has 0 aromatic heterocycles. The zero-order valence-corrected chi connectivity index (χ0v) is 19.7. The van der Waals surface area contributed by atoms with Gasteiger partial charge in [0.25, 0.3) is 10.0 Å². The topological polar surface area (TPSA) is 46.2 Å². The van der Waals surface area contributed by atoms with E-state index in [0.717, 1.165) is 47.2 Å². The van der Waals surface area contributed by atoms with Crippen LogP contribution in [0.4, 0.5) is 10.1 Å². The van der Waals surface area contributed by atoms with Gasteiger partial charge in [0, 0.05) is 10.7 Å². The molecule has 0 saturated heterocycles. The molecule has 0 spiro atoms. The number of halogens is 2. The minimum absolute atomic E-state index is 0.00107. The molecule has 1 aliphatic carbocycles. The van der Waals surface area contributed by atoms with Crippen molar-refractivity contribution in [2.45, 2.75) is 17.7 Å². The van der Waals surface area contributed by atoms with Gasteiger partial charge >= 0.3 is 0 Å². The van der Waals surface area contributed by atoms with Crippen LogP contribution in [0.15, 0.2) is 95.9 Å². The van der Waals surface area contributed by atoms with Crippen molar-refractivity contribution in [1.29, 1.82) is 0 Å². The molecule has 0 heterocycles. The molecule has 0 bridgehead atoms. The second kappa shape index (κ2) is 9.09. The van der Waals surface area contributed by atoms with E-state index in [1.165, 1.54) is 23.3 Å². The van der Waals surface area contributed by atoms with E-state index in [0.29, 0.717) is 10.7 Å². The molecule has 1 N–H and O–H groups in total. The number of nitrogens with one attached hydrogen (secondary N) is 1. The van der Waals surface area contributed by atoms with Crippen molar-refractivity contribution in [2.24, 2.45) is 0 Å². The first-order valence-electron chi connectivity index (χ1n) is 10.9. The highest BCUT2D eigenvalue weighted by Gasteiger charge is 2.19. The van der Waals surface area contributed by atoms with E-state index in [1.54, 1.807) is 18.2 Å². The van der Waals surface area contributed by atoms with Crippen LogP contribution in [0.2, 0.25) is 5.02 Å². The molecule has 0 fully saturated rings. The Balaban J connectivity index is 1.56. The summed E-state index contributed by atoms with van der Waals surface area (Å²) in [6, 6.07) is 26.3. The molecule has 0 atom stereocenters. The molecule has 6 heteroatoms. The number of hydrogen-bond donors (Lipinski definition) is 1. The van der Waals surface area contributed by atoms with Crippen molar-refractivity contribution in [3.05, 3.63) is 130 Å². The second-order valence-electron chi connectivity index (χ2n) is 8.20. The maximum Gasteiger partial charge on any atom is 0.261 e. The molecule has 0 aliphatic heterocycles. The monoisotopic (exact) mass is 489 g/mol. The molecule has 5 rings (SSSR count). The van der Waals surface area contributed by atoms with Crippen molar-refractivity contribution in [1.82, 2.24) is 0 Å². The van der Waals surface area contributed by atoms with Crippen LogP contribution >= 0.6 is 11.6 Å². The first-order valence-corrected chi connectivity index (χ1v) is 12.7. The van der Waals surface area contributed by atoms with Crippen LogP contribution in [0.3, 0.4) is 0 Å². The minimum atomic E-state index is -3.84. The van der Waals surface area contributed by atoms with Gasteiger partial charge in [0.05, 0.1) is 4.90 Å². The SMILES string of the molecule is O=S(=O)(Nc1cccc(C=C2c3ccccc3CCc3cc(Cl)ccc32)c1)c1ccc(F)cc1. The lowest BCUT2D eigenvalue weighted by molar-refractivity contribution is 0.599. The predicted molar refractivity (Wildman–Crippen MR) is 136 cm³/mol. The molecule has 170 valence electrons. The first kappa shape index (κ1) is 22.4. The molecule has 0 radical (unpaired) electrons. The van der Waals surface area contributed by atoms with Crippen LogP contribution < -0.4 is 4.72 Å². The van der Waals surface area contributed by atoms with Crippen LogP contribution in [0.1, 0.15) is 27.8 Å². The Hall–Kier alpha value is -3.41. The lowest BCUT2D eigenvalue weighted by Gasteiger charge is -2.13. The van der Waals surface area contributed by atoms with Crippen LogP contribution in [-0.2, 0) is 22.9 Å². The lowest BCUT2D eigenvalue weighted by atomic mass is 9.92. The molecule has 4 aromatic rings. The first-order chi connectivity index (χ1) is 16.4. The van der Waals surface area contributed by atoms with Gasteiger partial charge in [0.15, 0.2) is 0 Å². The third-order valence-corrected chi connectivity index (χ3v) is 7.53. The van der Waals surface area contributed by atoms with Crippen molar-refractivity contribution in [3.63, 3.8) is 0 Å². The molecule has 1 aliphatic rings. The Morgan fingerprint density at radius 1 is 0.794 bits per heavy atom. The van der Waals surface area contributed by atoms with Gasteiger partial charge in [-0.2, -0.15) is 0 Å². The van der Waals surface area contributed by atoms with E-state index in [4.69, 9.17) is 11.6 Å². The summed E-state index contributed by atoms with van der Waals surface area (Å²) in [4.78, 5) is 0.00107. The highest BCUT2D eigenvalue weighted by atomic mass is 35.5. The maximum absolute atomic E-state index is 13.2. The van der Waals surface area contributed by atoms with Gasteiger partial charge in [-0.15, -0.1) is 0 Å². The normalized spacial score (nSPS) is 14.2.